The van der Waals surface area contributed by atoms with Crippen LogP contribution in [0.2, 0.25) is 0 Å². The number of aromatic nitrogens is 1. The normalized spacial score (nSPS) is 18.8. The zero-order valence-corrected chi connectivity index (χ0v) is 23.3. The number of hydrogen-bond donors (Lipinski definition) is 1. The second-order valence-corrected chi connectivity index (χ2v) is 11.1. The molecule has 2 aliphatic rings. The molecule has 2 atom stereocenters. The number of carbonyl (C=O) groups is 1. The molecular weight excluding hydrogens is 496 g/mol. The number of para-hydroxylation sites is 1. The van der Waals surface area contributed by atoms with Gasteiger partial charge in [-0.3, -0.25) is 24.0 Å². The van der Waals surface area contributed by atoms with Gasteiger partial charge in [0.05, 0.1) is 17.3 Å². The molecule has 1 N–H and O–H groups in total. The Morgan fingerprint density at radius 1 is 0.875 bits per heavy atom. The highest BCUT2D eigenvalue weighted by Crippen LogP contribution is 2.28. The maximum atomic E-state index is 14.3. The van der Waals surface area contributed by atoms with Crippen LogP contribution in [0.25, 0.3) is 16.5 Å². The Bertz CT molecular complexity index is 1530. The van der Waals surface area contributed by atoms with Crippen molar-refractivity contribution in [3.05, 3.63) is 112 Å². The smallest absolute Gasteiger partial charge is 0.263 e. The van der Waals surface area contributed by atoms with E-state index in [2.05, 4.69) is 34.2 Å². The molecule has 0 spiro atoms. The van der Waals surface area contributed by atoms with E-state index in [0.29, 0.717) is 28.9 Å². The average molecular weight is 535 g/mol. The summed E-state index contributed by atoms with van der Waals surface area (Å²) < 4.78 is 1.79. The number of nitrogens with zero attached hydrogens (tertiary/aromatic N) is 3. The maximum absolute atomic E-state index is 14.3. The van der Waals surface area contributed by atoms with E-state index in [-0.39, 0.29) is 17.5 Å². The standard InChI is InChI=1S/C34H38N4O2/c1-2-30(25-13-5-3-6-14-25)35-33(39)32-28-18-9-10-19-29(28)34(40)38(26-15-7-4-8-16-26)31(32)24-36-21-22-37-20-12-11-17-27(37)23-36/h3-10,13-16,18-19,27,30H,2,11-12,17,20-24H2,1H3,(H,35,39)/t27?,30-/m0/s1. The van der Waals surface area contributed by atoms with E-state index in [1.807, 2.05) is 72.8 Å². The van der Waals surface area contributed by atoms with E-state index in [1.165, 1.54) is 25.8 Å². The second-order valence-electron chi connectivity index (χ2n) is 11.1. The Hall–Kier alpha value is -3.74. The van der Waals surface area contributed by atoms with Crippen LogP contribution in [-0.4, -0.2) is 52.5 Å². The number of carbonyl (C=O) groups excluding carboxylic acids is 1. The third kappa shape index (κ3) is 5.21. The van der Waals surface area contributed by atoms with Crippen LogP contribution in [0.1, 0.15) is 60.3 Å². The van der Waals surface area contributed by atoms with E-state index in [9.17, 15) is 9.59 Å². The van der Waals surface area contributed by atoms with Crippen molar-refractivity contribution in [2.75, 3.05) is 26.2 Å². The molecule has 1 amide bonds. The molecule has 2 aliphatic heterocycles. The Morgan fingerprint density at radius 3 is 2.33 bits per heavy atom. The van der Waals surface area contributed by atoms with E-state index < -0.39 is 0 Å². The van der Waals surface area contributed by atoms with E-state index >= 15 is 0 Å². The van der Waals surface area contributed by atoms with Gasteiger partial charge in [-0.05, 0) is 49.6 Å². The molecule has 0 aliphatic carbocycles. The summed E-state index contributed by atoms with van der Waals surface area (Å²) >= 11 is 0. The first-order chi connectivity index (χ1) is 19.6. The van der Waals surface area contributed by atoms with Gasteiger partial charge in [0.25, 0.3) is 11.5 Å². The quantitative estimate of drug-likeness (QED) is 0.338. The van der Waals surface area contributed by atoms with Gasteiger partial charge < -0.3 is 5.32 Å². The second kappa shape index (κ2) is 11.8. The molecule has 0 bridgehead atoms. The summed E-state index contributed by atoms with van der Waals surface area (Å²) in [6.07, 6.45) is 4.53. The molecule has 4 aromatic rings. The van der Waals surface area contributed by atoms with Crippen LogP contribution in [0.5, 0.6) is 0 Å². The van der Waals surface area contributed by atoms with Crippen molar-refractivity contribution in [3.8, 4) is 5.69 Å². The molecule has 1 unspecified atom stereocenters. The van der Waals surface area contributed by atoms with Gasteiger partial charge in [-0.2, -0.15) is 0 Å². The number of pyridine rings is 1. The number of benzene rings is 3. The number of piperidine rings is 1. The molecule has 3 aromatic carbocycles. The van der Waals surface area contributed by atoms with Gasteiger partial charge in [-0.25, -0.2) is 0 Å². The van der Waals surface area contributed by atoms with E-state index in [1.54, 1.807) is 4.57 Å². The lowest BCUT2D eigenvalue weighted by atomic mass is 9.97. The first-order valence-electron chi connectivity index (χ1n) is 14.7. The molecule has 6 nitrogen and oxygen atoms in total. The van der Waals surface area contributed by atoms with Crippen molar-refractivity contribution in [1.29, 1.82) is 0 Å². The first-order valence-corrected chi connectivity index (χ1v) is 14.7. The third-order valence-electron chi connectivity index (χ3n) is 8.64. The minimum absolute atomic E-state index is 0.0836. The number of rotatable bonds is 7. The SMILES string of the molecule is CC[C@H](NC(=O)c1c(CN2CCN3CCCCC3C2)n(-c2ccccc2)c(=O)c2ccccc12)c1ccccc1. The molecule has 2 saturated heterocycles. The fourth-order valence-corrected chi connectivity index (χ4v) is 6.56. The van der Waals surface area contributed by atoms with Crippen LogP contribution in [0.4, 0.5) is 0 Å². The van der Waals surface area contributed by atoms with Crippen molar-refractivity contribution in [1.82, 2.24) is 19.7 Å². The summed E-state index contributed by atoms with van der Waals surface area (Å²) in [5, 5.41) is 4.61. The zero-order valence-electron chi connectivity index (χ0n) is 23.3. The molecule has 2 fully saturated rings. The van der Waals surface area contributed by atoms with Crippen LogP contribution in [0, 0.1) is 0 Å². The van der Waals surface area contributed by atoms with Gasteiger partial charge in [0.15, 0.2) is 0 Å². The molecule has 6 rings (SSSR count). The molecule has 6 heteroatoms. The summed E-state index contributed by atoms with van der Waals surface area (Å²) in [4.78, 5) is 33.5. The highest BCUT2D eigenvalue weighted by molar-refractivity contribution is 6.08. The number of fused-ring (bicyclic) bond motifs is 2. The third-order valence-corrected chi connectivity index (χ3v) is 8.64. The number of piperazine rings is 1. The summed E-state index contributed by atoms with van der Waals surface area (Å²) in [5.41, 5.74) is 3.14. The van der Waals surface area contributed by atoms with Crippen LogP contribution in [0.15, 0.2) is 89.7 Å². The van der Waals surface area contributed by atoms with Gasteiger partial charge in [0, 0.05) is 48.7 Å². The summed E-state index contributed by atoms with van der Waals surface area (Å²) in [5.74, 6) is -0.136. The molecule has 206 valence electrons. The van der Waals surface area contributed by atoms with Crippen molar-refractivity contribution in [2.24, 2.45) is 0 Å². The van der Waals surface area contributed by atoms with Crippen LogP contribution >= 0.6 is 0 Å². The van der Waals surface area contributed by atoms with Crippen LogP contribution in [-0.2, 0) is 6.54 Å². The van der Waals surface area contributed by atoms with E-state index in [0.717, 1.165) is 43.0 Å². The Morgan fingerprint density at radius 2 is 1.57 bits per heavy atom. The number of hydrogen-bond acceptors (Lipinski definition) is 4. The fraction of sp³-hybridized carbons (Fsp3) is 0.353. The van der Waals surface area contributed by atoms with Crippen molar-refractivity contribution < 1.29 is 4.79 Å². The van der Waals surface area contributed by atoms with Gasteiger partial charge in [0.2, 0.25) is 0 Å². The topological polar surface area (TPSA) is 57.6 Å². The van der Waals surface area contributed by atoms with E-state index in [4.69, 9.17) is 0 Å². The predicted molar refractivity (Wildman–Crippen MR) is 161 cm³/mol. The molecule has 0 saturated carbocycles. The monoisotopic (exact) mass is 534 g/mol. The van der Waals surface area contributed by atoms with Crippen LogP contribution < -0.4 is 10.9 Å². The Kier molecular flexibility index (Phi) is 7.80. The number of nitrogens with one attached hydrogen (secondary N) is 1. The van der Waals surface area contributed by atoms with Gasteiger partial charge in [0.1, 0.15) is 0 Å². The Labute approximate surface area is 236 Å². The molecule has 40 heavy (non-hydrogen) atoms. The lowest BCUT2D eigenvalue weighted by Crippen LogP contribution is -2.54. The van der Waals surface area contributed by atoms with Gasteiger partial charge >= 0.3 is 0 Å². The summed E-state index contributed by atoms with van der Waals surface area (Å²) in [6, 6.07) is 27.9. The molecular formula is C34H38N4O2. The largest absolute Gasteiger partial charge is 0.345 e. The molecule has 3 heterocycles. The highest BCUT2D eigenvalue weighted by atomic mass is 16.2. The lowest BCUT2D eigenvalue weighted by Gasteiger charge is -2.44. The summed E-state index contributed by atoms with van der Waals surface area (Å²) in [6.45, 7) is 6.72. The average Bonchev–Trinajstić information content (AvgIpc) is 3.01. The van der Waals surface area contributed by atoms with Crippen molar-refractivity contribution >= 4 is 16.7 Å². The predicted octanol–water partition coefficient (Wildman–Crippen LogP) is 5.54. The molecule has 0 radical (unpaired) electrons. The van der Waals surface area contributed by atoms with Crippen LogP contribution in [0.3, 0.4) is 0 Å². The maximum Gasteiger partial charge on any atom is 0.263 e. The lowest BCUT2D eigenvalue weighted by molar-refractivity contribution is 0.0446. The minimum atomic E-state index is -0.136. The van der Waals surface area contributed by atoms with Gasteiger partial charge in [-0.15, -0.1) is 0 Å². The number of amides is 1. The van der Waals surface area contributed by atoms with Crippen molar-refractivity contribution in [3.63, 3.8) is 0 Å². The fourth-order valence-electron chi connectivity index (χ4n) is 6.56. The first kappa shape index (κ1) is 26.5. The minimum Gasteiger partial charge on any atom is -0.345 e. The Balaban J connectivity index is 1.48. The summed E-state index contributed by atoms with van der Waals surface area (Å²) in [7, 11) is 0. The molecule has 1 aromatic heterocycles. The van der Waals surface area contributed by atoms with Crippen molar-refractivity contribution in [2.45, 2.75) is 51.2 Å². The highest BCUT2D eigenvalue weighted by Gasteiger charge is 2.31. The zero-order chi connectivity index (χ0) is 27.5. The van der Waals surface area contributed by atoms with Gasteiger partial charge in [-0.1, -0.05) is 80.1 Å².